The first-order valence-electron chi connectivity index (χ1n) is 9.63. The molecule has 1 heterocycles. The van der Waals surface area contributed by atoms with E-state index in [1.54, 1.807) is 0 Å². The molecule has 6 heteroatoms. The Morgan fingerprint density at radius 1 is 1.00 bits per heavy atom. The standard InChI is InChI=1S/C20H32N4O2/c1-4-16(3)21-19(25)14-23-10-12-24(13-11-23)15-20(26)22-18-9-7-6-8-17(18)5-2/h6-9,16H,4-5,10-15H2,1-3H3,(H,21,25)(H,22,26)/t16-/m1/s1. The maximum atomic E-state index is 12.3. The molecule has 2 rings (SSSR count). The molecule has 1 saturated heterocycles. The van der Waals surface area contributed by atoms with E-state index in [9.17, 15) is 9.59 Å². The highest BCUT2D eigenvalue weighted by molar-refractivity contribution is 5.93. The Hall–Kier alpha value is -1.92. The lowest BCUT2D eigenvalue weighted by Crippen LogP contribution is -2.51. The molecule has 1 fully saturated rings. The highest BCUT2D eigenvalue weighted by Gasteiger charge is 2.21. The van der Waals surface area contributed by atoms with E-state index in [4.69, 9.17) is 0 Å². The number of aryl methyl sites for hydroxylation is 1. The summed E-state index contributed by atoms with van der Waals surface area (Å²) >= 11 is 0. The Morgan fingerprint density at radius 3 is 2.15 bits per heavy atom. The second-order valence-corrected chi connectivity index (χ2v) is 6.99. The van der Waals surface area contributed by atoms with Gasteiger partial charge in [0.1, 0.15) is 0 Å². The molecular formula is C20H32N4O2. The molecule has 1 aliphatic heterocycles. The van der Waals surface area contributed by atoms with Gasteiger partial charge < -0.3 is 10.6 Å². The predicted molar refractivity (Wildman–Crippen MR) is 105 cm³/mol. The van der Waals surface area contributed by atoms with E-state index in [1.165, 1.54) is 0 Å². The second kappa shape index (κ2) is 10.3. The molecule has 2 N–H and O–H groups in total. The number of nitrogens with zero attached hydrogens (tertiary/aromatic N) is 2. The highest BCUT2D eigenvalue weighted by Crippen LogP contribution is 2.15. The highest BCUT2D eigenvalue weighted by atomic mass is 16.2. The monoisotopic (exact) mass is 360 g/mol. The molecule has 6 nitrogen and oxygen atoms in total. The summed E-state index contributed by atoms with van der Waals surface area (Å²) in [6.45, 7) is 10.2. The van der Waals surface area contributed by atoms with E-state index in [2.05, 4.69) is 34.3 Å². The first kappa shape index (κ1) is 20.4. The van der Waals surface area contributed by atoms with E-state index in [0.29, 0.717) is 13.1 Å². The summed E-state index contributed by atoms with van der Waals surface area (Å²) in [5.74, 6) is 0.107. The number of carbonyl (C=O) groups excluding carboxylic acids is 2. The number of hydrogen-bond donors (Lipinski definition) is 2. The average molecular weight is 361 g/mol. The Balaban J connectivity index is 1.73. The van der Waals surface area contributed by atoms with Crippen molar-refractivity contribution in [3.8, 4) is 0 Å². The number of anilines is 1. The van der Waals surface area contributed by atoms with Crippen LogP contribution in [0.4, 0.5) is 5.69 Å². The van der Waals surface area contributed by atoms with Gasteiger partial charge >= 0.3 is 0 Å². The summed E-state index contributed by atoms with van der Waals surface area (Å²) in [4.78, 5) is 28.6. The van der Waals surface area contributed by atoms with Crippen molar-refractivity contribution in [2.24, 2.45) is 0 Å². The van der Waals surface area contributed by atoms with Gasteiger partial charge in [-0.25, -0.2) is 0 Å². The molecule has 0 unspecified atom stereocenters. The number of piperazine rings is 1. The van der Waals surface area contributed by atoms with Crippen LogP contribution < -0.4 is 10.6 Å². The van der Waals surface area contributed by atoms with Crippen LogP contribution in [0.2, 0.25) is 0 Å². The lowest BCUT2D eigenvalue weighted by molar-refractivity contribution is -0.124. The molecule has 1 atom stereocenters. The van der Waals surface area contributed by atoms with Crippen LogP contribution in [0, 0.1) is 0 Å². The Labute approximate surface area is 156 Å². The van der Waals surface area contributed by atoms with Gasteiger partial charge in [-0.3, -0.25) is 19.4 Å². The molecule has 0 radical (unpaired) electrons. The Kier molecular flexibility index (Phi) is 8.06. The molecule has 0 bridgehead atoms. The zero-order chi connectivity index (χ0) is 18.9. The van der Waals surface area contributed by atoms with Crippen molar-refractivity contribution in [2.45, 2.75) is 39.7 Å². The predicted octanol–water partition coefficient (Wildman–Crippen LogP) is 1.72. The van der Waals surface area contributed by atoms with Gasteiger partial charge in [0.25, 0.3) is 0 Å². The van der Waals surface area contributed by atoms with Crippen LogP contribution in [0.25, 0.3) is 0 Å². The molecule has 0 aromatic heterocycles. The lowest BCUT2D eigenvalue weighted by Gasteiger charge is -2.34. The van der Waals surface area contributed by atoms with Gasteiger partial charge in [0, 0.05) is 37.9 Å². The zero-order valence-corrected chi connectivity index (χ0v) is 16.3. The van der Waals surface area contributed by atoms with Gasteiger partial charge in [0.15, 0.2) is 0 Å². The molecule has 1 aliphatic rings. The van der Waals surface area contributed by atoms with Crippen LogP contribution in [-0.2, 0) is 16.0 Å². The number of nitrogens with one attached hydrogen (secondary N) is 2. The summed E-state index contributed by atoms with van der Waals surface area (Å²) < 4.78 is 0. The minimum Gasteiger partial charge on any atom is -0.353 e. The number of benzene rings is 1. The molecule has 144 valence electrons. The fourth-order valence-corrected chi connectivity index (χ4v) is 3.07. The maximum Gasteiger partial charge on any atom is 0.238 e. The van der Waals surface area contributed by atoms with Crippen LogP contribution in [0.3, 0.4) is 0 Å². The summed E-state index contributed by atoms with van der Waals surface area (Å²) in [6, 6.07) is 8.14. The van der Waals surface area contributed by atoms with Gasteiger partial charge in [0.05, 0.1) is 13.1 Å². The van der Waals surface area contributed by atoms with Gasteiger partial charge in [0.2, 0.25) is 11.8 Å². The van der Waals surface area contributed by atoms with E-state index < -0.39 is 0 Å². The first-order valence-corrected chi connectivity index (χ1v) is 9.63. The first-order chi connectivity index (χ1) is 12.5. The summed E-state index contributed by atoms with van der Waals surface area (Å²) in [6.07, 6.45) is 1.84. The van der Waals surface area contributed by atoms with Crippen molar-refractivity contribution in [1.29, 1.82) is 0 Å². The van der Waals surface area contributed by atoms with E-state index in [0.717, 1.165) is 50.3 Å². The third kappa shape index (κ3) is 6.42. The van der Waals surface area contributed by atoms with Crippen molar-refractivity contribution in [2.75, 3.05) is 44.6 Å². The average Bonchev–Trinajstić information content (AvgIpc) is 2.63. The van der Waals surface area contributed by atoms with Gasteiger partial charge in [-0.2, -0.15) is 0 Å². The van der Waals surface area contributed by atoms with Crippen molar-refractivity contribution >= 4 is 17.5 Å². The van der Waals surface area contributed by atoms with E-state index in [1.807, 2.05) is 31.2 Å². The fraction of sp³-hybridized carbons (Fsp3) is 0.600. The second-order valence-electron chi connectivity index (χ2n) is 6.99. The third-order valence-electron chi connectivity index (χ3n) is 4.89. The Bertz CT molecular complexity index is 597. The largest absolute Gasteiger partial charge is 0.353 e. The molecule has 26 heavy (non-hydrogen) atoms. The summed E-state index contributed by atoms with van der Waals surface area (Å²) in [5.41, 5.74) is 2.05. The zero-order valence-electron chi connectivity index (χ0n) is 16.3. The molecule has 1 aromatic rings. The van der Waals surface area contributed by atoms with Gasteiger partial charge in [-0.1, -0.05) is 32.0 Å². The number of amides is 2. The van der Waals surface area contributed by atoms with E-state index >= 15 is 0 Å². The van der Waals surface area contributed by atoms with Crippen LogP contribution in [0.15, 0.2) is 24.3 Å². The van der Waals surface area contributed by atoms with E-state index in [-0.39, 0.29) is 17.9 Å². The SMILES string of the molecule is CCc1ccccc1NC(=O)CN1CCN(CC(=O)N[C@H](C)CC)CC1. The summed E-state index contributed by atoms with van der Waals surface area (Å²) in [7, 11) is 0. The molecule has 0 saturated carbocycles. The lowest BCUT2D eigenvalue weighted by atomic mass is 10.1. The summed E-state index contributed by atoms with van der Waals surface area (Å²) in [5, 5.41) is 6.02. The van der Waals surface area contributed by atoms with Crippen molar-refractivity contribution < 1.29 is 9.59 Å². The van der Waals surface area contributed by atoms with Crippen molar-refractivity contribution in [3.63, 3.8) is 0 Å². The normalized spacial score (nSPS) is 16.9. The maximum absolute atomic E-state index is 12.3. The number of carbonyl (C=O) groups is 2. The van der Waals surface area contributed by atoms with Crippen LogP contribution in [0.5, 0.6) is 0 Å². The smallest absolute Gasteiger partial charge is 0.238 e. The number of para-hydroxylation sites is 1. The van der Waals surface area contributed by atoms with Gasteiger partial charge in [-0.15, -0.1) is 0 Å². The van der Waals surface area contributed by atoms with Crippen LogP contribution in [-0.4, -0.2) is 66.9 Å². The molecule has 0 aliphatic carbocycles. The minimum atomic E-state index is 0.0221. The van der Waals surface area contributed by atoms with Crippen molar-refractivity contribution in [3.05, 3.63) is 29.8 Å². The van der Waals surface area contributed by atoms with Crippen molar-refractivity contribution in [1.82, 2.24) is 15.1 Å². The molecular weight excluding hydrogens is 328 g/mol. The topological polar surface area (TPSA) is 64.7 Å². The quantitative estimate of drug-likeness (QED) is 0.741. The van der Waals surface area contributed by atoms with Gasteiger partial charge in [-0.05, 0) is 31.4 Å². The fourth-order valence-electron chi connectivity index (χ4n) is 3.07. The molecule has 0 spiro atoms. The molecule has 1 aromatic carbocycles. The third-order valence-corrected chi connectivity index (χ3v) is 4.89. The van der Waals surface area contributed by atoms with Crippen LogP contribution >= 0.6 is 0 Å². The number of hydrogen-bond acceptors (Lipinski definition) is 4. The molecule has 2 amide bonds. The minimum absolute atomic E-state index is 0.0221. The number of rotatable bonds is 8. The van der Waals surface area contributed by atoms with Crippen LogP contribution in [0.1, 0.15) is 32.8 Å². The Morgan fingerprint density at radius 2 is 1.58 bits per heavy atom.